The van der Waals surface area contributed by atoms with Crippen molar-refractivity contribution in [1.82, 2.24) is 4.90 Å². The minimum absolute atomic E-state index is 0.00181. The molecule has 1 amide bonds. The molecule has 17 nitrogen and oxygen atoms in total. The third kappa shape index (κ3) is 16.5. The van der Waals surface area contributed by atoms with Gasteiger partial charge in [-0.3, -0.25) is 24.0 Å². The van der Waals surface area contributed by atoms with Crippen LogP contribution in [0.25, 0.3) is 0 Å². The van der Waals surface area contributed by atoms with Crippen LogP contribution < -0.4 is 5.46 Å². The fourth-order valence-electron chi connectivity index (χ4n) is 11.8. The van der Waals surface area contributed by atoms with Gasteiger partial charge in [-0.25, -0.2) is 4.79 Å². The SMILES string of the molecule is CO[C@H]1C[C@@H]2CC[C@@H](C)[C@@](O)(O2)C(=O)C(=O)N2CCCC[C@H]2C(=O)O[C@H]([C@H](C)C[C@@H]2CC[C@@H](OC(=O)C3(C)COB(c4ccccc4)OC3)[C@H](OC)C2)CC(=O)C(C)=CC[C@@H](O)[C@@H](OC)C(=O)[C@H](C)C[C@H](C)C=CC=CC=C1C. The van der Waals surface area contributed by atoms with Gasteiger partial charge in [0.05, 0.1) is 24.4 Å². The van der Waals surface area contributed by atoms with Crippen LogP contribution in [0.2, 0.25) is 0 Å². The summed E-state index contributed by atoms with van der Waals surface area (Å²) in [6.45, 7) is 12.9. The molecule has 1 aromatic rings. The minimum Gasteiger partial charge on any atom is -0.460 e. The molecule has 0 unspecified atom stereocenters. The summed E-state index contributed by atoms with van der Waals surface area (Å²) < 4.78 is 48.0. The molecule has 4 aliphatic heterocycles. The van der Waals surface area contributed by atoms with E-state index in [2.05, 4.69) is 0 Å². The van der Waals surface area contributed by atoms with Gasteiger partial charge in [0.1, 0.15) is 29.8 Å². The number of hydrogen-bond donors (Lipinski definition) is 2. The summed E-state index contributed by atoms with van der Waals surface area (Å²) in [6, 6.07) is 8.32. The van der Waals surface area contributed by atoms with E-state index in [1.807, 2.05) is 88.4 Å². The highest BCUT2D eigenvalue weighted by atomic mass is 16.6. The smallest absolute Gasteiger partial charge is 0.460 e. The highest BCUT2D eigenvalue weighted by molar-refractivity contribution is 6.61. The normalized spacial score (nSPS) is 34.0. The summed E-state index contributed by atoms with van der Waals surface area (Å²) in [5.74, 6) is -8.11. The second-order valence-electron chi connectivity index (χ2n) is 23.4. The number of ketones is 3. The molecule has 0 aromatic heterocycles. The fraction of sp³-hybridized carbons (Fsp3) is 0.672. The molecule has 1 saturated carbocycles. The van der Waals surface area contributed by atoms with Gasteiger partial charge in [0.2, 0.25) is 5.79 Å². The van der Waals surface area contributed by atoms with E-state index in [1.165, 1.54) is 12.0 Å². The van der Waals surface area contributed by atoms with Gasteiger partial charge in [-0.1, -0.05) is 94.5 Å². The van der Waals surface area contributed by atoms with E-state index in [0.29, 0.717) is 64.2 Å². The number of ether oxygens (including phenoxy) is 6. The van der Waals surface area contributed by atoms with Gasteiger partial charge in [-0.05, 0) is 126 Å². The molecule has 2 N–H and O–H groups in total. The Morgan fingerprint density at radius 3 is 2.27 bits per heavy atom. The van der Waals surface area contributed by atoms with Crippen LogP contribution in [-0.2, 0) is 66.5 Å². The lowest BCUT2D eigenvalue weighted by molar-refractivity contribution is -0.265. The first-order valence-corrected chi connectivity index (χ1v) is 28.6. The second kappa shape index (κ2) is 29.4. The summed E-state index contributed by atoms with van der Waals surface area (Å²) >= 11 is 0. The number of methoxy groups -OCH3 is 3. The molecule has 0 radical (unpaired) electrons. The number of carbonyl (C=O) groups is 6. The molecular formula is C61H88BNO16. The van der Waals surface area contributed by atoms with Crippen molar-refractivity contribution in [2.24, 2.45) is 35.0 Å². The lowest BCUT2D eigenvalue weighted by Crippen LogP contribution is -2.61. The van der Waals surface area contributed by atoms with Crippen molar-refractivity contribution in [3.8, 4) is 0 Å². The van der Waals surface area contributed by atoms with E-state index in [-0.39, 0.29) is 68.0 Å². The summed E-state index contributed by atoms with van der Waals surface area (Å²) in [5, 5.41) is 23.4. The Bertz CT molecular complexity index is 2360. The molecule has 2 bridgehead atoms. The number of rotatable bonds is 9. The standard InChI is InChI=1S/C61H88BNO16/c1-38-19-13-11-14-20-40(3)51(72-8)34-46-27-25-43(6)61(71,79-46)56(67)57(68)63-30-18-17-23-47(63)58(69)77-52(35-49(65)39(2)24-28-48(64)55(74-10)54(66)42(5)31-38)41(4)32-44-26-29-50(53(33-44)73-9)78-59(70)60(7)36-75-62(76-37-60)45-21-15-12-16-22-45/h11-16,19-22,24,38,41-44,46-48,50-53,55,64,71H,17-18,23,25-37H2,1-10H3/t38-,41-,42-,43-,44+,46+,47+,48-,50-,51+,52+,53-,55-,61-/m1/s1. The summed E-state index contributed by atoms with van der Waals surface area (Å²) in [7, 11) is 3.93. The Hall–Kier alpha value is -4.66. The summed E-state index contributed by atoms with van der Waals surface area (Å²) in [6.07, 6.45) is 10.4. The molecular weight excluding hydrogens is 1010 g/mol. The number of aliphatic hydroxyl groups excluding tert-OH is 1. The molecule has 4 heterocycles. The lowest BCUT2D eigenvalue weighted by atomic mass is 9.75. The van der Waals surface area contributed by atoms with E-state index < -0.39 is 108 Å². The molecule has 1 aromatic carbocycles. The number of esters is 2. The Balaban J connectivity index is 1.22. The highest BCUT2D eigenvalue weighted by Gasteiger charge is 2.53. The van der Waals surface area contributed by atoms with E-state index >= 15 is 0 Å². The summed E-state index contributed by atoms with van der Waals surface area (Å²) in [4.78, 5) is 86.3. The first-order valence-electron chi connectivity index (χ1n) is 28.6. The average Bonchev–Trinajstić information content (AvgIpc) is 3.44. The Morgan fingerprint density at radius 2 is 1.58 bits per heavy atom. The molecule has 3 saturated heterocycles. The van der Waals surface area contributed by atoms with Gasteiger partial charge >= 0.3 is 19.1 Å². The fourth-order valence-corrected chi connectivity index (χ4v) is 11.8. The lowest BCUT2D eigenvalue weighted by Gasteiger charge is -2.42. The minimum atomic E-state index is -2.46. The van der Waals surface area contributed by atoms with Crippen molar-refractivity contribution in [2.75, 3.05) is 41.1 Å². The quantitative estimate of drug-likeness (QED) is 0.145. The van der Waals surface area contributed by atoms with Crippen LogP contribution >= 0.6 is 0 Å². The third-order valence-electron chi connectivity index (χ3n) is 17.0. The molecule has 4 fully saturated rings. The van der Waals surface area contributed by atoms with Crippen LogP contribution in [0.15, 0.2) is 77.9 Å². The number of fused-ring (bicyclic) bond motifs is 3. The molecule has 14 atom stereocenters. The zero-order chi connectivity index (χ0) is 57.6. The van der Waals surface area contributed by atoms with Crippen molar-refractivity contribution in [3.05, 3.63) is 77.9 Å². The van der Waals surface area contributed by atoms with Crippen molar-refractivity contribution in [1.29, 1.82) is 0 Å². The number of Topliss-reactive ketones (excluding diaryl/α,β-unsaturated/α-hetero) is 3. The van der Waals surface area contributed by atoms with Gasteiger partial charge in [-0.2, -0.15) is 0 Å². The zero-order valence-corrected chi connectivity index (χ0v) is 48.3. The highest BCUT2D eigenvalue weighted by Crippen LogP contribution is 2.39. The van der Waals surface area contributed by atoms with Crippen LogP contribution in [-0.4, -0.2) is 153 Å². The van der Waals surface area contributed by atoms with E-state index in [4.69, 9.17) is 37.7 Å². The van der Waals surface area contributed by atoms with Gasteiger partial charge in [0, 0.05) is 65.8 Å². The number of cyclic esters (lactones) is 1. The van der Waals surface area contributed by atoms with Crippen molar-refractivity contribution in [2.45, 2.75) is 186 Å². The van der Waals surface area contributed by atoms with Crippen LogP contribution in [0.4, 0.5) is 0 Å². The number of nitrogens with zero attached hydrogens (tertiary/aromatic N) is 1. The van der Waals surface area contributed by atoms with Crippen molar-refractivity contribution < 1.29 is 76.7 Å². The maximum absolute atomic E-state index is 14.6. The predicted molar refractivity (Wildman–Crippen MR) is 296 cm³/mol. The Morgan fingerprint density at radius 1 is 0.861 bits per heavy atom. The summed E-state index contributed by atoms with van der Waals surface area (Å²) in [5.41, 5.74) is 0.973. The predicted octanol–water partition coefficient (Wildman–Crippen LogP) is 6.93. The van der Waals surface area contributed by atoms with Crippen molar-refractivity contribution >= 4 is 47.8 Å². The maximum atomic E-state index is 14.6. The Labute approximate surface area is 468 Å². The number of aliphatic hydroxyl groups is 2. The number of piperidine rings is 1. The molecule has 6 rings (SSSR count). The number of allylic oxidation sites excluding steroid dienone is 6. The first kappa shape index (κ1) is 63.5. The maximum Gasteiger partial charge on any atom is 0.493 e. The molecule has 0 spiro atoms. The van der Waals surface area contributed by atoms with Crippen LogP contribution in [0, 0.1) is 35.0 Å². The van der Waals surface area contributed by atoms with Gasteiger partial charge in [-0.15, -0.1) is 0 Å². The second-order valence-corrected chi connectivity index (χ2v) is 23.4. The van der Waals surface area contributed by atoms with Crippen LogP contribution in [0.3, 0.4) is 0 Å². The Kier molecular flexibility index (Phi) is 23.6. The average molecular weight is 1100 g/mol. The molecule has 436 valence electrons. The molecule has 79 heavy (non-hydrogen) atoms. The number of hydrogen-bond acceptors (Lipinski definition) is 16. The largest absolute Gasteiger partial charge is 0.493 e. The number of amides is 1. The van der Waals surface area contributed by atoms with E-state index in [1.54, 1.807) is 41.1 Å². The number of benzene rings is 1. The van der Waals surface area contributed by atoms with Crippen LogP contribution in [0.1, 0.15) is 132 Å². The van der Waals surface area contributed by atoms with Gasteiger partial charge < -0.3 is 52.8 Å². The molecule has 5 aliphatic rings. The zero-order valence-electron chi connectivity index (χ0n) is 48.3. The molecule has 1 aliphatic carbocycles. The van der Waals surface area contributed by atoms with Crippen molar-refractivity contribution in [3.63, 3.8) is 0 Å². The van der Waals surface area contributed by atoms with Crippen LogP contribution in [0.5, 0.6) is 0 Å². The van der Waals surface area contributed by atoms with E-state index in [9.17, 15) is 39.0 Å². The molecule has 18 heteroatoms. The third-order valence-corrected chi connectivity index (χ3v) is 17.0. The van der Waals surface area contributed by atoms with Gasteiger partial charge in [0.15, 0.2) is 11.6 Å². The first-order chi connectivity index (χ1) is 37.6. The van der Waals surface area contributed by atoms with E-state index in [0.717, 1.165) is 11.0 Å². The monoisotopic (exact) mass is 1100 g/mol. The van der Waals surface area contributed by atoms with Gasteiger partial charge in [0.25, 0.3) is 11.7 Å². The number of carbonyl (C=O) groups excluding carboxylic acids is 6. The topological polar surface area (TPSA) is 220 Å².